The van der Waals surface area contributed by atoms with Crippen LogP contribution in [0.1, 0.15) is 28.8 Å². The number of piperidine rings is 1. The Morgan fingerprint density at radius 1 is 1.06 bits per heavy atom. The number of aliphatic hydroxyl groups is 1. The number of benzene rings is 2. The van der Waals surface area contributed by atoms with E-state index in [4.69, 9.17) is 4.98 Å². The summed E-state index contributed by atoms with van der Waals surface area (Å²) in [5.41, 5.74) is 5.45. The number of rotatable bonds is 3. The van der Waals surface area contributed by atoms with Crippen LogP contribution in [0.15, 0.2) is 48.7 Å². The van der Waals surface area contributed by atoms with Crippen molar-refractivity contribution in [3.63, 3.8) is 0 Å². The van der Waals surface area contributed by atoms with Gasteiger partial charge in [0, 0.05) is 31.0 Å². The van der Waals surface area contributed by atoms with Gasteiger partial charge in [0.15, 0.2) is 5.82 Å². The zero-order valence-corrected chi connectivity index (χ0v) is 17.6. The van der Waals surface area contributed by atoms with Crippen molar-refractivity contribution in [2.45, 2.75) is 25.4 Å². The molecule has 0 aliphatic carbocycles. The molecule has 162 valence electrons. The summed E-state index contributed by atoms with van der Waals surface area (Å²) >= 11 is 0. The molecule has 3 aromatic rings. The summed E-state index contributed by atoms with van der Waals surface area (Å²) in [6, 6.07) is 14.0. The topological polar surface area (TPSA) is 93.6 Å². The minimum atomic E-state index is -0.180. The minimum Gasteiger partial charge on any atom is -0.393 e. The zero-order chi connectivity index (χ0) is 21.7. The van der Waals surface area contributed by atoms with Crippen LogP contribution in [0.25, 0.3) is 0 Å². The molecule has 1 amide bonds. The molecule has 32 heavy (non-hydrogen) atoms. The van der Waals surface area contributed by atoms with E-state index in [2.05, 4.69) is 43.6 Å². The average molecular weight is 428 g/mol. The summed E-state index contributed by atoms with van der Waals surface area (Å²) in [5, 5.41) is 16.0. The molecule has 0 spiro atoms. The molecule has 0 radical (unpaired) electrons. The van der Waals surface area contributed by atoms with Crippen LogP contribution in [0.4, 0.5) is 34.5 Å². The smallest absolute Gasteiger partial charge is 0.257 e. The fraction of sp³-hybridized carbons (Fsp3) is 0.292. The zero-order valence-electron chi connectivity index (χ0n) is 17.6. The summed E-state index contributed by atoms with van der Waals surface area (Å²) in [7, 11) is 0. The molecule has 1 fully saturated rings. The second-order valence-electron chi connectivity index (χ2n) is 8.49. The van der Waals surface area contributed by atoms with E-state index in [0.29, 0.717) is 23.0 Å². The van der Waals surface area contributed by atoms with E-state index >= 15 is 0 Å². The van der Waals surface area contributed by atoms with E-state index in [1.165, 1.54) is 5.56 Å². The second kappa shape index (κ2) is 7.49. The maximum Gasteiger partial charge on any atom is 0.257 e. The molecular weight excluding hydrogens is 404 g/mol. The van der Waals surface area contributed by atoms with Crippen LogP contribution >= 0.6 is 0 Å². The van der Waals surface area contributed by atoms with Gasteiger partial charge in [-0.05, 0) is 55.2 Å². The van der Waals surface area contributed by atoms with Crippen LogP contribution in [0, 0.1) is 0 Å². The van der Waals surface area contributed by atoms with Crippen molar-refractivity contribution in [3.05, 3.63) is 59.8 Å². The van der Waals surface area contributed by atoms with Crippen molar-refractivity contribution < 1.29 is 9.90 Å². The molecule has 1 saturated heterocycles. The number of carbonyl (C=O) groups is 1. The molecule has 0 unspecified atom stereocenters. The van der Waals surface area contributed by atoms with Crippen molar-refractivity contribution in [3.8, 4) is 0 Å². The van der Waals surface area contributed by atoms with Crippen molar-refractivity contribution in [1.82, 2.24) is 9.97 Å². The second-order valence-corrected chi connectivity index (χ2v) is 8.49. The number of hydrogen-bond donors (Lipinski definition) is 3. The molecule has 1 aromatic heterocycles. The van der Waals surface area contributed by atoms with E-state index < -0.39 is 0 Å². The fourth-order valence-corrected chi connectivity index (χ4v) is 4.78. The quantitative estimate of drug-likeness (QED) is 0.588. The van der Waals surface area contributed by atoms with Gasteiger partial charge in [0.25, 0.3) is 5.91 Å². The lowest BCUT2D eigenvalue weighted by atomic mass is 10.1. The predicted molar refractivity (Wildman–Crippen MR) is 124 cm³/mol. The van der Waals surface area contributed by atoms with Gasteiger partial charge in [-0.1, -0.05) is 12.1 Å². The monoisotopic (exact) mass is 428 g/mol. The highest BCUT2D eigenvalue weighted by Gasteiger charge is 2.32. The number of hydrogen-bond acceptors (Lipinski definition) is 7. The fourth-order valence-electron chi connectivity index (χ4n) is 4.78. The maximum absolute atomic E-state index is 12.7. The summed E-state index contributed by atoms with van der Waals surface area (Å²) in [5.74, 6) is 1.07. The van der Waals surface area contributed by atoms with Gasteiger partial charge in [0.2, 0.25) is 5.95 Å². The van der Waals surface area contributed by atoms with E-state index in [9.17, 15) is 9.90 Å². The first-order valence-electron chi connectivity index (χ1n) is 11.0. The summed E-state index contributed by atoms with van der Waals surface area (Å²) in [4.78, 5) is 26.3. The third kappa shape index (κ3) is 3.23. The number of nitrogens with zero attached hydrogens (tertiary/aromatic N) is 4. The molecule has 8 nitrogen and oxygen atoms in total. The number of aliphatic hydroxyl groups excluding tert-OH is 1. The Morgan fingerprint density at radius 2 is 1.88 bits per heavy atom. The van der Waals surface area contributed by atoms with E-state index in [1.54, 1.807) is 6.20 Å². The van der Waals surface area contributed by atoms with Crippen LogP contribution in [0.5, 0.6) is 0 Å². The van der Waals surface area contributed by atoms with E-state index in [0.717, 1.165) is 56.0 Å². The average Bonchev–Trinajstić information content (AvgIpc) is 3.20. The van der Waals surface area contributed by atoms with Crippen LogP contribution < -0.4 is 20.4 Å². The Bertz CT molecular complexity index is 1190. The molecule has 3 N–H and O–H groups in total. The van der Waals surface area contributed by atoms with Crippen molar-refractivity contribution in [2.24, 2.45) is 0 Å². The lowest BCUT2D eigenvalue weighted by Crippen LogP contribution is -2.35. The minimum absolute atomic E-state index is 0.127. The van der Waals surface area contributed by atoms with E-state index in [-0.39, 0.29) is 12.0 Å². The van der Waals surface area contributed by atoms with Gasteiger partial charge in [0.05, 0.1) is 23.6 Å². The molecule has 0 atom stereocenters. The molecule has 6 rings (SSSR count). The number of aromatic nitrogens is 2. The summed E-state index contributed by atoms with van der Waals surface area (Å²) in [6.07, 6.45) is 3.99. The first kappa shape index (κ1) is 19.1. The molecule has 0 bridgehead atoms. The Hall–Kier alpha value is -3.65. The molecule has 4 heterocycles. The Balaban J connectivity index is 1.26. The van der Waals surface area contributed by atoms with Gasteiger partial charge in [-0.2, -0.15) is 4.98 Å². The predicted octanol–water partition coefficient (Wildman–Crippen LogP) is 3.44. The van der Waals surface area contributed by atoms with Crippen LogP contribution in [0.2, 0.25) is 0 Å². The van der Waals surface area contributed by atoms with Gasteiger partial charge >= 0.3 is 0 Å². The molecule has 0 saturated carbocycles. The highest BCUT2D eigenvalue weighted by molar-refractivity contribution is 6.12. The Kier molecular flexibility index (Phi) is 4.46. The van der Waals surface area contributed by atoms with Crippen molar-refractivity contribution >= 4 is 40.4 Å². The van der Waals surface area contributed by atoms with Crippen molar-refractivity contribution in [2.75, 3.05) is 40.1 Å². The molecule has 3 aliphatic heterocycles. The van der Waals surface area contributed by atoms with Gasteiger partial charge in [-0.25, -0.2) is 4.98 Å². The van der Waals surface area contributed by atoms with Crippen LogP contribution in [-0.4, -0.2) is 46.7 Å². The highest BCUT2D eigenvalue weighted by atomic mass is 16.3. The normalized spacial score (nSPS) is 17.5. The lowest BCUT2D eigenvalue weighted by Gasteiger charge is -2.31. The number of carbonyl (C=O) groups excluding carboxylic acids is 1. The van der Waals surface area contributed by atoms with Gasteiger partial charge in [-0.3, -0.25) is 4.79 Å². The first-order chi connectivity index (χ1) is 15.7. The standard InChI is InChI=1S/C24H24N6O2/c31-18-9-11-29(12-10-18)17-6-4-16(5-7-17)26-24-25-14-20-22(28-24)30-13-8-15-2-1-3-19(21(15)30)23(32)27-20/h1-7,14,18,31H,8-13H2,(H,27,32)(H,25,26,28). The molecule has 2 aromatic carbocycles. The first-order valence-corrected chi connectivity index (χ1v) is 11.0. The molecule has 3 aliphatic rings. The molecule has 8 heteroatoms. The highest BCUT2D eigenvalue weighted by Crippen LogP contribution is 2.42. The maximum atomic E-state index is 12.7. The Labute approximate surface area is 185 Å². The summed E-state index contributed by atoms with van der Waals surface area (Å²) in [6.45, 7) is 2.52. The van der Waals surface area contributed by atoms with Crippen LogP contribution in [0.3, 0.4) is 0 Å². The lowest BCUT2D eigenvalue weighted by molar-refractivity contribution is 0.102. The number of amides is 1. The third-order valence-electron chi connectivity index (χ3n) is 6.46. The number of nitrogens with one attached hydrogen (secondary N) is 2. The number of fused-ring (bicyclic) bond motifs is 2. The third-order valence-corrected chi connectivity index (χ3v) is 6.46. The van der Waals surface area contributed by atoms with Crippen LogP contribution in [-0.2, 0) is 6.42 Å². The number of anilines is 6. The van der Waals surface area contributed by atoms with Gasteiger partial charge in [-0.15, -0.1) is 0 Å². The van der Waals surface area contributed by atoms with Gasteiger partial charge in [0.1, 0.15) is 5.69 Å². The summed E-state index contributed by atoms with van der Waals surface area (Å²) < 4.78 is 0. The van der Waals surface area contributed by atoms with Crippen molar-refractivity contribution in [1.29, 1.82) is 0 Å². The number of para-hydroxylation sites is 1. The van der Waals surface area contributed by atoms with Gasteiger partial charge < -0.3 is 25.5 Å². The molecular formula is C24H24N6O2. The largest absolute Gasteiger partial charge is 0.393 e. The SMILES string of the molecule is O=C1Nc2cnc(Nc3ccc(N4CCC(O)CC4)cc3)nc2N2CCc3cccc1c32. The van der Waals surface area contributed by atoms with E-state index in [1.807, 2.05) is 24.3 Å². The Morgan fingerprint density at radius 3 is 2.69 bits per heavy atom.